The van der Waals surface area contributed by atoms with Gasteiger partial charge >= 0.3 is 11.7 Å². The van der Waals surface area contributed by atoms with Gasteiger partial charge in [0.05, 0.1) is 28.6 Å². The van der Waals surface area contributed by atoms with Crippen molar-refractivity contribution in [3.8, 4) is 0 Å². The van der Waals surface area contributed by atoms with E-state index in [9.17, 15) is 19.7 Å². The molecule has 1 N–H and O–H groups in total. The van der Waals surface area contributed by atoms with Crippen LogP contribution in [0.4, 0.5) is 11.4 Å². The maximum atomic E-state index is 12.4. The number of amides is 1. The number of carbonyl (C=O) groups excluding carboxylic acids is 2. The van der Waals surface area contributed by atoms with Crippen LogP contribution in [0, 0.1) is 37.8 Å². The highest BCUT2D eigenvalue weighted by Crippen LogP contribution is 2.23. The third-order valence-corrected chi connectivity index (χ3v) is 4.05. The molecule has 0 aliphatic rings. The number of hydrogen-bond acceptors (Lipinski definition) is 7. The summed E-state index contributed by atoms with van der Waals surface area (Å²) in [6, 6.07) is 0. The van der Waals surface area contributed by atoms with Gasteiger partial charge in [0, 0.05) is 0 Å². The number of nitrogens with one attached hydrogen (secondary N) is 1. The Morgan fingerprint density at radius 1 is 1.07 bits per heavy atom. The number of aromatic nitrogens is 4. The highest BCUT2D eigenvalue weighted by atomic mass is 16.6. The summed E-state index contributed by atoms with van der Waals surface area (Å²) in [5.74, 6) is -0.826. The highest BCUT2D eigenvalue weighted by molar-refractivity contribution is 5.91. The van der Waals surface area contributed by atoms with Crippen molar-refractivity contribution < 1.29 is 19.2 Å². The molecule has 0 saturated carbocycles. The lowest BCUT2D eigenvalue weighted by molar-refractivity contribution is -0.386. The lowest BCUT2D eigenvalue weighted by Crippen LogP contribution is -2.21. The molecule has 0 atom stereocenters. The van der Waals surface area contributed by atoms with Gasteiger partial charge in [-0.2, -0.15) is 10.2 Å². The topological polar surface area (TPSA) is 134 Å². The fourth-order valence-electron chi connectivity index (χ4n) is 2.78. The molecule has 0 aliphatic carbocycles. The summed E-state index contributed by atoms with van der Waals surface area (Å²) in [6.07, 6.45) is 0. The van der Waals surface area contributed by atoms with Crippen LogP contribution in [-0.4, -0.2) is 43.0 Å². The summed E-state index contributed by atoms with van der Waals surface area (Å²) in [5.41, 5.74) is 2.09. The van der Waals surface area contributed by atoms with Crippen LogP contribution < -0.4 is 5.32 Å². The van der Waals surface area contributed by atoms with Crippen LogP contribution in [-0.2, 0) is 27.4 Å². The van der Waals surface area contributed by atoms with Gasteiger partial charge in [-0.3, -0.25) is 29.1 Å². The minimum absolute atomic E-state index is 0.0555. The maximum absolute atomic E-state index is 12.4. The second-order valence-electron chi connectivity index (χ2n) is 5.99. The van der Waals surface area contributed by atoms with Crippen LogP contribution in [0.5, 0.6) is 0 Å². The summed E-state index contributed by atoms with van der Waals surface area (Å²) < 4.78 is 7.65. The first-order valence-corrected chi connectivity index (χ1v) is 8.33. The third-order valence-electron chi connectivity index (χ3n) is 4.05. The highest BCUT2D eigenvalue weighted by Gasteiger charge is 2.23. The zero-order valence-electron chi connectivity index (χ0n) is 15.9. The van der Waals surface area contributed by atoms with Crippen molar-refractivity contribution in [1.82, 2.24) is 19.6 Å². The van der Waals surface area contributed by atoms with Crippen molar-refractivity contribution in [1.29, 1.82) is 0 Å². The van der Waals surface area contributed by atoms with Gasteiger partial charge in [-0.25, -0.2) is 0 Å². The van der Waals surface area contributed by atoms with Crippen LogP contribution in [0.2, 0.25) is 0 Å². The average molecular weight is 378 g/mol. The third kappa shape index (κ3) is 4.30. The summed E-state index contributed by atoms with van der Waals surface area (Å²) >= 11 is 0. The molecule has 2 aromatic heterocycles. The van der Waals surface area contributed by atoms with E-state index in [-0.39, 0.29) is 31.1 Å². The first-order chi connectivity index (χ1) is 12.6. The van der Waals surface area contributed by atoms with Crippen LogP contribution in [0.25, 0.3) is 0 Å². The molecule has 0 aromatic carbocycles. The Labute approximate surface area is 155 Å². The van der Waals surface area contributed by atoms with Crippen molar-refractivity contribution in [2.45, 2.75) is 47.7 Å². The van der Waals surface area contributed by atoms with Crippen LogP contribution >= 0.6 is 0 Å². The molecule has 11 nitrogen and oxygen atoms in total. The van der Waals surface area contributed by atoms with Crippen molar-refractivity contribution in [2.75, 3.05) is 11.9 Å². The van der Waals surface area contributed by atoms with E-state index in [4.69, 9.17) is 4.74 Å². The van der Waals surface area contributed by atoms with Crippen LogP contribution in [0.3, 0.4) is 0 Å². The van der Waals surface area contributed by atoms with E-state index in [0.717, 1.165) is 0 Å². The molecule has 0 aliphatic heterocycles. The molecule has 27 heavy (non-hydrogen) atoms. The molecule has 1 amide bonds. The van der Waals surface area contributed by atoms with Gasteiger partial charge in [-0.1, -0.05) is 0 Å². The van der Waals surface area contributed by atoms with Gasteiger partial charge in [-0.15, -0.1) is 0 Å². The number of ether oxygens (including phenoxy) is 1. The minimum Gasteiger partial charge on any atom is -0.465 e. The number of anilines is 1. The SMILES string of the molecule is CCOC(=O)Cn1nc(C)c(NC(=O)Cn2nc(C)c([N+](=O)[O-])c2C)c1C. The van der Waals surface area contributed by atoms with E-state index >= 15 is 0 Å². The molecule has 0 radical (unpaired) electrons. The Morgan fingerprint density at radius 2 is 1.67 bits per heavy atom. The van der Waals surface area contributed by atoms with Gasteiger partial charge < -0.3 is 10.1 Å². The number of hydrogen-bond donors (Lipinski definition) is 1. The summed E-state index contributed by atoms with van der Waals surface area (Å²) in [7, 11) is 0. The lowest BCUT2D eigenvalue weighted by atomic mass is 10.3. The van der Waals surface area contributed by atoms with Crippen molar-refractivity contribution in [3.63, 3.8) is 0 Å². The maximum Gasteiger partial charge on any atom is 0.327 e. The predicted molar refractivity (Wildman–Crippen MR) is 95.3 cm³/mol. The molecule has 146 valence electrons. The summed E-state index contributed by atoms with van der Waals surface area (Å²) in [4.78, 5) is 34.6. The molecule has 0 saturated heterocycles. The van der Waals surface area contributed by atoms with E-state index in [0.29, 0.717) is 22.8 Å². The number of nitro groups is 1. The summed E-state index contributed by atoms with van der Waals surface area (Å²) in [6.45, 7) is 8.25. The van der Waals surface area contributed by atoms with Gasteiger partial charge in [-0.05, 0) is 34.6 Å². The van der Waals surface area contributed by atoms with Crippen LogP contribution in [0.15, 0.2) is 0 Å². The Hall–Kier alpha value is -3.24. The first-order valence-electron chi connectivity index (χ1n) is 8.33. The second-order valence-corrected chi connectivity index (χ2v) is 5.99. The fourth-order valence-corrected chi connectivity index (χ4v) is 2.78. The molecular formula is C16H22N6O5. The average Bonchev–Trinajstić information content (AvgIpc) is 2.98. The number of aryl methyl sites for hydroxylation is 2. The van der Waals surface area contributed by atoms with Gasteiger partial charge in [0.1, 0.15) is 24.5 Å². The smallest absolute Gasteiger partial charge is 0.327 e. The molecule has 0 bridgehead atoms. The Balaban J connectivity index is 2.15. The van der Waals surface area contributed by atoms with E-state index in [1.54, 1.807) is 27.7 Å². The molecule has 0 fully saturated rings. The van der Waals surface area contributed by atoms with E-state index in [1.807, 2.05) is 0 Å². The van der Waals surface area contributed by atoms with Crippen molar-refractivity contribution in [2.24, 2.45) is 0 Å². The molecule has 2 heterocycles. The molecule has 0 unspecified atom stereocenters. The quantitative estimate of drug-likeness (QED) is 0.437. The van der Waals surface area contributed by atoms with Crippen molar-refractivity contribution >= 4 is 23.3 Å². The Bertz CT molecular complexity index is 898. The molecular weight excluding hydrogens is 356 g/mol. The van der Waals surface area contributed by atoms with E-state index in [1.165, 1.54) is 16.3 Å². The largest absolute Gasteiger partial charge is 0.465 e. The molecule has 2 aromatic rings. The molecule has 0 spiro atoms. The number of carbonyl (C=O) groups is 2. The Morgan fingerprint density at radius 3 is 2.22 bits per heavy atom. The zero-order valence-corrected chi connectivity index (χ0v) is 15.9. The van der Waals surface area contributed by atoms with Crippen LogP contribution in [0.1, 0.15) is 29.7 Å². The number of esters is 1. The van der Waals surface area contributed by atoms with Gasteiger partial charge in [0.25, 0.3) is 0 Å². The van der Waals surface area contributed by atoms with E-state index < -0.39 is 16.8 Å². The summed E-state index contributed by atoms with van der Waals surface area (Å²) in [5, 5.41) is 22.1. The molecule has 11 heteroatoms. The monoisotopic (exact) mass is 378 g/mol. The molecule has 2 rings (SSSR count). The zero-order chi connectivity index (χ0) is 20.3. The second kappa shape index (κ2) is 7.98. The van der Waals surface area contributed by atoms with Gasteiger partial charge in [0.15, 0.2) is 0 Å². The number of nitrogens with zero attached hydrogens (tertiary/aromatic N) is 5. The predicted octanol–water partition coefficient (Wildman–Crippen LogP) is 1.42. The number of rotatable bonds is 7. The van der Waals surface area contributed by atoms with Crippen molar-refractivity contribution in [3.05, 3.63) is 32.9 Å². The standard InChI is InChI=1S/C16H22N6O5/c1-6-27-14(24)8-21-11(4)15(9(2)18-21)17-13(23)7-20-12(5)16(22(25)26)10(3)19-20/h6-8H2,1-5H3,(H,17,23). The van der Waals surface area contributed by atoms with E-state index in [2.05, 4.69) is 15.5 Å². The Kier molecular flexibility index (Phi) is 5.93. The normalized spacial score (nSPS) is 10.7. The fraction of sp³-hybridized carbons (Fsp3) is 0.500. The first kappa shape index (κ1) is 20.1. The van der Waals surface area contributed by atoms with Gasteiger partial charge in [0.2, 0.25) is 5.91 Å². The minimum atomic E-state index is -0.514. The lowest BCUT2D eigenvalue weighted by Gasteiger charge is -2.08.